The van der Waals surface area contributed by atoms with Crippen molar-refractivity contribution in [3.05, 3.63) is 39.4 Å². The lowest BCUT2D eigenvalue weighted by atomic mass is 9.92. The molecule has 8 heteroatoms. The van der Waals surface area contributed by atoms with Crippen molar-refractivity contribution in [1.29, 1.82) is 0 Å². The van der Waals surface area contributed by atoms with Crippen molar-refractivity contribution >= 4 is 22.6 Å². The fourth-order valence-electron chi connectivity index (χ4n) is 4.65. The first kappa shape index (κ1) is 22.2. The van der Waals surface area contributed by atoms with Crippen LogP contribution < -0.4 is 16.1 Å². The number of carboxylic acid groups (broad SMARTS) is 1. The number of benzene rings is 1. The van der Waals surface area contributed by atoms with E-state index in [0.717, 1.165) is 6.07 Å². The number of aromatic nitrogens is 1. The van der Waals surface area contributed by atoms with E-state index in [1.807, 2.05) is 4.90 Å². The van der Waals surface area contributed by atoms with Crippen molar-refractivity contribution in [3.8, 4) is 0 Å². The number of aromatic carboxylic acids is 1. The number of carbonyl (C=O) groups is 1. The van der Waals surface area contributed by atoms with Crippen LogP contribution in [0.3, 0.4) is 0 Å². The van der Waals surface area contributed by atoms with Crippen LogP contribution in [0.1, 0.15) is 49.7 Å². The predicted molar refractivity (Wildman–Crippen MR) is 114 cm³/mol. The number of alkyl halides is 1. The highest BCUT2D eigenvalue weighted by atomic mass is 19.1. The number of rotatable bonds is 4. The van der Waals surface area contributed by atoms with Crippen molar-refractivity contribution in [3.63, 3.8) is 0 Å². The number of pyridine rings is 1. The average Bonchev–Trinajstić information content (AvgIpc) is 3.22. The zero-order valence-electron chi connectivity index (χ0n) is 16.7. The van der Waals surface area contributed by atoms with E-state index < -0.39 is 35.0 Å². The molecular weight excluding hydrogens is 392 g/mol. The number of nitrogens with zero attached hydrogens (tertiary/aromatic N) is 2. The minimum Gasteiger partial charge on any atom is -0.477 e. The van der Waals surface area contributed by atoms with Crippen LogP contribution in [0.15, 0.2) is 17.1 Å². The van der Waals surface area contributed by atoms with E-state index in [9.17, 15) is 19.1 Å². The molecule has 0 bridgehead atoms. The number of fused-ring (bicyclic) bond motifs is 1. The third kappa shape index (κ3) is 3.37. The van der Waals surface area contributed by atoms with Crippen molar-refractivity contribution in [2.75, 3.05) is 18.0 Å². The Bertz CT molecular complexity index is 1070. The standard InChI is InChI=1S/C21H25F2N3O3.CH4/c1-9(2)12-6-25(8-16(12)24)19-10(3)18-11(4-15(19)23)20(27)13(21(28)29)7-26(18)17-5-14(17)22;/h4,7,9,12,14,16-17H,5-6,8,24H2,1-3H3,(H,28,29);1H4. The van der Waals surface area contributed by atoms with Crippen LogP contribution >= 0.6 is 0 Å². The number of aryl methyl sites for hydroxylation is 1. The van der Waals surface area contributed by atoms with Crippen LogP contribution in [0, 0.1) is 24.6 Å². The van der Waals surface area contributed by atoms with Crippen LogP contribution in [-0.4, -0.2) is 40.9 Å². The highest BCUT2D eigenvalue weighted by molar-refractivity contribution is 5.95. The SMILES string of the molecule is C.Cc1c(N2CC(N)C(C(C)C)C2)c(F)cc2c(=O)c(C(=O)O)cn(C3CC3F)c12. The van der Waals surface area contributed by atoms with Crippen molar-refractivity contribution < 1.29 is 18.7 Å². The summed E-state index contributed by atoms with van der Waals surface area (Å²) in [6.45, 7) is 6.93. The summed E-state index contributed by atoms with van der Waals surface area (Å²) in [6, 6.07) is 0.449. The predicted octanol–water partition coefficient (Wildman–Crippen LogP) is 3.49. The van der Waals surface area contributed by atoms with Gasteiger partial charge < -0.3 is 20.3 Å². The Morgan fingerprint density at radius 1 is 1.33 bits per heavy atom. The summed E-state index contributed by atoms with van der Waals surface area (Å²) in [4.78, 5) is 26.1. The number of halogens is 2. The van der Waals surface area contributed by atoms with Gasteiger partial charge in [-0.1, -0.05) is 21.3 Å². The van der Waals surface area contributed by atoms with E-state index in [1.54, 1.807) is 6.92 Å². The molecule has 3 N–H and O–H groups in total. The lowest BCUT2D eigenvalue weighted by Crippen LogP contribution is -2.32. The summed E-state index contributed by atoms with van der Waals surface area (Å²) in [6.07, 6.45) is 0.326. The van der Waals surface area contributed by atoms with Crippen LogP contribution in [-0.2, 0) is 0 Å². The normalized spacial score (nSPS) is 25.6. The molecule has 2 aromatic rings. The quantitative estimate of drug-likeness (QED) is 0.789. The largest absolute Gasteiger partial charge is 0.477 e. The molecule has 30 heavy (non-hydrogen) atoms. The number of carboxylic acids is 1. The molecule has 1 saturated carbocycles. The van der Waals surface area contributed by atoms with Crippen molar-refractivity contribution in [1.82, 2.24) is 4.57 Å². The fraction of sp³-hybridized carbons (Fsp3) is 0.545. The maximum atomic E-state index is 15.2. The van der Waals surface area contributed by atoms with E-state index in [1.165, 1.54) is 10.8 Å². The zero-order valence-corrected chi connectivity index (χ0v) is 16.7. The molecule has 0 spiro atoms. The molecule has 2 heterocycles. The lowest BCUT2D eigenvalue weighted by molar-refractivity contribution is 0.0694. The number of anilines is 1. The first-order valence-electron chi connectivity index (χ1n) is 9.87. The second kappa shape index (κ2) is 7.65. The van der Waals surface area contributed by atoms with E-state index in [0.29, 0.717) is 35.8 Å². The molecule has 1 aromatic heterocycles. The minimum atomic E-state index is -1.41. The second-order valence-electron chi connectivity index (χ2n) is 8.61. The summed E-state index contributed by atoms with van der Waals surface area (Å²) < 4.78 is 30.6. The molecule has 2 aliphatic rings. The van der Waals surface area contributed by atoms with Crippen LogP contribution in [0.2, 0.25) is 0 Å². The highest BCUT2D eigenvalue weighted by Crippen LogP contribution is 2.43. The van der Waals surface area contributed by atoms with Gasteiger partial charge in [-0.3, -0.25) is 4.79 Å². The van der Waals surface area contributed by atoms with Gasteiger partial charge in [-0.05, 0) is 30.4 Å². The van der Waals surface area contributed by atoms with E-state index in [4.69, 9.17) is 5.73 Å². The van der Waals surface area contributed by atoms with Gasteiger partial charge in [0.05, 0.1) is 17.2 Å². The molecule has 0 radical (unpaired) electrons. The van der Waals surface area contributed by atoms with Gasteiger partial charge in [0.25, 0.3) is 0 Å². The van der Waals surface area contributed by atoms with Gasteiger partial charge in [0.2, 0.25) is 5.43 Å². The summed E-state index contributed by atoms with van der Waals surface area (Å²) in [5.41, 5.74) is 6.28. The Hall–Kier alpha value is -2.48. The Labute approximate surface area is 174 Å². The smallest absolute Gasteiger partial charge is 0.341 e. The molecule has 1 aliphatic carbocycles. The monoisotopic (exact) mass is 421 g/mol. The summed E-state index contributed by atoms with van der Waals surface area (Å²) in [7, 11) is 0. The first-order chi connectivity index (χ1) is 13.6. The number of hydrogen-bond donors (Lipinski definition) is 2. The van der Waals surface area contributed by atoms with E-state index >= 15 is 4.39 Å². The molecule has 1 aromatic carbocycles. The van der Waals surface area contributed by atoms with Crippen LogP contribution in [0.5, 0.6) is 0 Å². The maximum absolute atomic E-state index is 15.2. The fourth-order valence-corrected chi connectivity index (χ4v) is 4.65. The van der Waals surface area contributed by atoms with E-state index in [2.05, 4.69) is 13.8 Å². The minimum absolute atomic E-state index is 0. The van der Waals surface area contributed by atoms with Crippen LogP contribution in [0.4, 0.5) is 14.5 Å². The maximum Gasteiger partial charge on any atom is 0.341 e. The molecule has 1 aliphatic heterocycles. The second-order valence-corrected chi connectivity index (χ2v) is 8.61. The Morgan fingerprint density at radius 3 is 2.47 bits per heavy atom. The summed E-state index contributed by atoms with van der Waals surface area (Å²) in [5, 5.41) is 9.34. The van der Waals surface area contributed by atoms with Gasteiger partial charge >= 0.3 is 5.97 Å². The molecule has 0 amide bonds. The molecule has 6 nitrogen and oxygen atoms in total. The molecule has 164 valence electrons. The van der Waals surface area contributed by atoms with Gasteiger partial charge in [-0.25, -0.2) is 13.6 Å². The molecule has 1 saturated heterocycles. The summed E-state index contributed by atoms with van der Waals surface area (Å²) >= 11 is 0. The van der Waals surface area contributed by atoms with Gasteiger partial charge in [0, 0.05) is 37.1 Å². The Morgan fingerprint density at radius 2 is 1.97 bits per heavy atom. The molecule has 4 rings (SSSR count). The topological polar surface area (TPSA) is 88.6 Å². The van der Waals surface area contributed by atoms with Gasteiger partial charge in [0.15, 0.2) is 0 Å². The van der Waals surface area contributed by atoms with Gasteiger partial charge in [0.1, 0.15) is 17.6 Å². The molecule has 4 atom stereocenters. The van der Waals surface area contributed by atoms with Crippen LogP contribution in [0.25, 0.3) is 10.9 Å². The Balaban J connectivity index is 0.00000256. The van der Waals surface area contributed by atoms with Crippen molar-refractivity contribution in [2.24, 2.45) is 17.6 Å². The number of nitrogens with two attached hydrogens (primary N) is 1. The summed E-state index contributed by atoms with van der Waals surface area (Å²) in [5.74, 6) is -1.45. The molecular formula is C22H29F2N3O3. The van der Waals surface area contributed by atoms with E-state index in [-0.39, 0.29) is 31.2 Å². The molecule has 4 unspecified atom stereocenters. The first-order valence-corrected chi connectivity index (χ1v) is 9.87. The zero-order chi connectivity index (χ0) is 21.2. The lowest BCUT2D eigenvalue weighted by Gasteiger charge is -2.25. The van der Waals surface area contributed by atoms with Gasteiger partial charge in [-0.15, -0.1) is 0 Å². The Kier molecular flexibility index (Phi) is 5.66. The average molecular weight is 421 g/mol. The highest BCUT2D eigenvalue weighted by Gasteiger charge is 2.41. The third-order valence-electron chi connectivity index (χ3n) is 6.33. The van der Waals surface area contributed by atoms with Crippen molar-refractivity contribution in [2.45, 2.75) is 52.9 Å². The van der Waals surface area contributed by atoms with Gasteiger partial charge in [-0.2, -0.15) is 0 Å². The third-order valence-corrected chi connectivity index (χ3v) is 6.33. The number of hydrogen-bond acceptors (Lipinski definition) is 4. The molecule has 2 fully saturated rings.